The minimum absolute atomic E-state index is 0.0713. The van der Waals surface area contributed by atoms with E-state index in [2.05, 4.69) is 19.9 Å². The summed E-state index contributed by atoms with van der Waals surface area (Å²) in [5, 5.41) is 11.8. The molecule has 1 amide bonds. The van der Waals surface area contributed by atoms with Crippen molar-refractivity contribution < 1.29 is 32.5 Å². The van der Waals surface area contributed by atoms with E-state index in [4.69, 9.17) is 15.2 Å². The Kier molecular flexibility index (Phi) is 7.40. The lowest BCUT2D eigenvalue weighted by Gasteiger charge is -2.33. The summed E-state index contributed by atoms with van der Waals surface area (Å²) in [7, 11) is 0. The van der Waals surface area contributed by atoms with Crippen molar-refractivity contribution in [2.75, 3.05) is 44.3 Å². The van der Waals surface area contributed by atoms with Gasteiger partial charge in [0.05, 0.1) is 24.1 Å². The van der Waals surface area contributed by atoms with Gasteiger partial charge in [0.2, 0.25) is 5.91 Å². The highest BCUT2D eigenvalue weighted by atomic mass is 19.1. The Morgan fingerprint density at radius 2 is 2.07 bits per heavy atom. The zero-order valence-electron chi connectivity index (χ0n) is 24.7. The minimum atomic E-state index is -0.956. The molecule has 7 rings (SSSR count). The maximum Gasteiger partial charge on any atom is 0.319 e. The van der Waals surface area contributed by atoms with Gasteiger partial charge in [0.15, 0.2) is 11.9 Å². The van der Waals surface area contributed by atoms with E-state index in [1.54, 1.807) is 11.8 Å². The van der Waals surface area contributed by atoms with E-state index in [1.807, 2.05) is 0 Å². The number of halogens is 3. The number of rotatable bonds is 7. The number of hydrogen-bond donors (Lipinski definition) is 2. The first kappa shape index (κ1) is 29.5. The number of phenolic OH excluding ortho intramolecular Hbond substituents is 1. The van der Waals surface area contributed by atoms with Gasteiger partial charge in [0, 0.05) is 31.3 Å². The van der Waals surface area contributed by atoms with Gasteiger partial charge in [-0.2, -0.15) is 9.97 Å². The highest BCUT2D eigenvalue weighted by Crippen LogP contribution is 2.42. The van der Waals surface area contributed by atoms with E-state index in [9.17, 15) is 18.7 Å². The molecule has 0 radical (unpaired) electrons. The van der Waals surface area contributed by atoms with Crippen molar-refractivity contribution in [3.63, 3.8) is 0 Å². The molecule has 1 unspecified atom stereocenters. The van der Waals surface area contributed by atoms with Crippen LogP contribution in [0.5, 0.6) is 11.8 Å². The molecule has 3 aliphatic heterocycles. The second-order valence-electron chi connectivity index (χ2n) is 12.1. The van der Waals surface area contributed by atoms with Crippen molar-refractivity contribution in [3.05, 3.63) is 47.7 Å². The van der Waals surface area contributed by atoms with Crippen LogP contribution in [0.4, 0.5) is 19.0 Å². The van der Waals surface area contributed by atoms with Crippen LogP contribution in [0.3, 0.4) is 0 Å². The van der Waals surface area contributed by atoms with Crippen molar-refractivity contribution in [2.45, 2.75) is 50.4 Å². The van der Waals surface area contributed by atoms with E-state index in [0.717, 1.165) is 19.4 Å². The van der Waals surface area contributed by atoms with Crippen LogP contribution in [0.1, 0.15) is 31.7 Å². The zero-order valence-corrected chi connectivity index (χ0v) is 24.7. The summed E-state index contributed by atoms with van der Waals surface area (Å²) in [5.41, 5.74) is 5.37. The summed E-state index contributed by atoms with van der Waals surface area (Å²) in [6, 6.07) is 5.59. The fourth-order valence-electron chi connectivity index (χ4n) is 7.21. The Bertz CT molecular complexity index is 1830. The summed E-state index contributed by atoms with van der Waals surface area (Å²) in [5.74, 6) is -1.76. The molecule has 3 fully saturated rings. The second-order valence-corrected chi connectivity index (χ2v) is 12.1. The van der Waals surface area contributed by atoms with Gasteiger partial charge in [0.25, 0.3) is 0 Å². The molecule has 0 spiro atoms. The van der Waals surface area contributed by atoms with Gasteiger partial charge in [-0.05, 0) is 60.3 Å². The van der Waals surface area contributed by atoms with E-state index in [-0.39, 0.29) is 59.5 Å². The number of phenols is 1. The molecule has 13 heteroatoms. The third-order valence-electron chi connectivity index (χ3n) is 9.32. The number of alkyl halides is 1. The molecule has 3 N–H and O–H groups in total. The van der Waals surface area contributed by atoms with E-state index in [1.165, 1.54) is 30.5 Å². The van der Waals surface area contributed by atoms with Gasteiger partial charge >= 0.3 is 6.01 Å². The maximum absolute atomic E-state index is 16.7. The number of benzene rings is 2. The second kappa shape index (κ2) is 11.3. The highest BCUT2D eigenvalue weighted by molar-refractivity contribution is 6.01. The molecule has 236 valence electrons. The predicted octanol–water partition coefficient (Wildman–Crippen LogP) is 4.04. The van der Waals surface area contributed by atoms with Crippen LogP contribution in [0.25, 0.3) is 32.9 Å². The van der Waals surface area contributed by atoms with Gasteiger partial charge in [0.1, 0.15) is 41.4 Å². The highest BCUT2D eigenvalue weighted by Gasteiger charge is 2.49. The van der Waals surface area contributed by atoms with E-state index in [0.29, 0.717) is 42.3 Å². The SMILES string of the molecule is CCc1c(F)ccc2cc(O)cc(-c3ncc4c(N5CCOC(C(N)=O)C5)nc(OC[C@@]56CCCN5C[C@H](F)C6)nc4c3F)c12. The first-order chi connectivity index (χ1) is 21.7. The first-order valence-corrected chi connectivity index (χ1v) is 15.2. The van der Waals surface area contributed by atoms with Crippen LogP contribution in [0, 0.1) is 11.6 Å². The normalized spacial score (nSPS) is 23.6. The zero-order chi connectivity index (χ0) is 31.5. The van der Waals surface area contributed by atoms with Crippen LogP contribution in [-0.4, -0.2) is 88.1 Å². The number of aromatic nitrogens is 3. The summed E-state index contributed by atoms with van der Waals surface area (Å²) in [6.45, 7) is 3.62. The lowest BCUT2D eigenvalue weighted by atomic mass is 9.94. The smallest absolute Gasteiger partial charge is 0.319 e. The van der Waals surface area contributed by atoms with Gasteiger partial charge in [-0.25, -0.2) is 13.2 Å². The number of carbonyl (C=O) groups is 1. The third-order valence-corrected chi connectivity index (χ3v) is 9.32. The molecule has 4 aromatic rings. The van der Waals surface area contributed by atoms with E-state index >= 15 is 4.39 Å². The summed E-state index contributed by atoms with van der Waals surface area (Å²) in [6.07, 6.45) is 1.91. The summed E-state index contributed by atoms with van der Waals surface area (Å²) in [4.78, 5) is 29.4. The van der Waals surface area contributed by atoms with Crippen LogP contribution < -0.4 is 15.4 Å². The molecule has 3 aliphatic rings. The Morgan fingerprint density at radius 3 is 2.87 bits per heavy atom. The van der Waals surface area contributed by atoms with Crippen LogP contribution in [-0.2, 0) is 16.0 Å². The Hall–Kier alpha value is -4.23. The third kappa shape index (κ3) is 5.07. The maximum atomic E-state index is 16.7. The Balaban J connectivity index is 1.38. The fraction of sp³-hybridized carbons (Fsp3) is 0.438. The molecule has 0 saturated carbocycles. The fourth-order valence-corrected chi connectivity index (χ4v) is 7.21. The number of carbonyl (C=O) groups excluding carboxylic acids is 1. The monoisotopic (exact) mass is 622 g/mol. The van der Waals surface area contributed by atoms with Crippen molar-refractivity contribution in [3.8, 4) is 23.0 Å². The van der Waals surface area contributed by atoms with Crippen molar-refractivity contribution in [1.29, 1.82) is 0 Å². The number of pyridine rings is 1. The summed E-state index contributed by atoms with van der Waals surface area (Å²) < 4.78 is 57.7. The topological polar surface area (TPSA) is 127 Å². The van der Waals surface area contributed by atoms with Crippen LogP contribution in [0.15, 0.2) is 30.5 Å². The lowest BCUT2D eigenvalue weighted by molar-refractivity contribution is -0.130. The molecular formula is C32H33F3N6O4. The standard InChI is InChI=1S/C32H33F3N6O4/c1-2-20-23(34)5-4-17-10-19(42)11-21(25(17)20)27-26(35)28-22(13-37-27)30(40-8-9-44-24(15-40)29(36)43)39-31(38-28)45-16-32-6-3-7-41(32)14-18(33)12-32/h4-5,10-11,13,18,24,42H,2-3,6-9,12,14-16H2,1H3,(H2,36,43)/t18-,24?,32+/m1/s1. The van der Waals surface area contributed by atoms with Crippen molar-refractivity contribution in [2.24, 2.45) is 5.73 Å². The minimum Gasteiger partial charge on any atom is -0.508 e. The molecule has 3 saturated heterocycles. The predicted molar refractivity (Wildman–Crippen MR) is 161 cm³/mol. The number of fused-ring (bicyclic) bond motifs is 3. The van der Waals surface area contributed by atoms with Gasteiger partial charge < -0.3 is 25.2 Å². The molecule has 45 heavy (non-hydrogen) atoms. The number of nitrogens with zero attached hydrogens (tertiary/aromatic N) is 5. The first-order valence-electron chi connectivity index (χ1n) is 15.2. The van der Waals surface area contributed by atoms with Crippen LogP contribution >= 0.6 is 0 Å². The number of nitrogens with two attached hydrogens (primary N) is 1. The number of aryl methyl sites for hydroxylation is 1. The number of anilines is 1. The molecule has 10 nitrogen and oxygen atoms in total. The number of hydrogen-bond acceptors (Lipinski definition) is 9. The number of morpholine rings is 1. The number of amides is 1. The molecule has 2 aromatic heterocycles. The summed E-state index contributed by atoms with van der Waals surface area (Å²) >= 11 is 0. The van der Waals surface area contributed by atoms with Gasteiger partial charge in [-0.3, -0.25) is 14.7 Å². The largest absolute Gasteiger partial charge is 0.508 e. The number of aromatic hydroxyl groups is 1. The molecule has 0 aliphatic carbocycles. The lowest BCUT2D eigenvalue weighted by Crippen LogP contribution is -2.48. The molecule has 3 atom stereocenters. The Morgan fingerprint density at radius 1 is 1.22 bits per heavy atom. The van der Waals surface area contributed by atoms with Gasteiger partial charge in [-0.1, -0.05) is 13.0 Å². The number of primary amides is 1. The molecule has 5 heterocycles. The quantitative estimate of drug-likeness (QED) is 0.314. The van der Waals surface area contributed by atoms with Gasteiger partial charge in [-0.15, -0.1) is 0 Å². The Labute approximate surface area is 257 Å². The average Bonchev–Trinajstić information content (AvgIpc) is 3.55. The molecule has 2 aromatic carbocycles. The molecule has 0 bridgehead atoms. The van der Waals surface area contributed by atoms with Crippen molar-refractivity contribution >= 4 is 33.4 Å². The van der Waals surface area contributed by atoms with Crippen LogP contribution in [0.2, 0.25) is 0 Å². The average molecular weight is 623 g/mol. The van der Waals surface area contributed by atoms with E-state index < -0.39 is 35.4 Å². The van der Waals surface area contributed by atoms with Crippen molar-refractivity contribution in [1.82, 2.24) is 19.9 Å². The number of ether oxygens (including phenoxy) is 2. The molecular weight excluding hydrogens is 589 g/mol.